The Balaban J connectivity index is 2.74. The lowest BCUT2D eigenvalue weighted by Gasteiger charge is -2.37. The average molecular weight is 1010 g/mol. The number of carbonyl (C=O) groups excluding carboxylic acids is 10. The number of rotatable bonds is 10. The van der Waals surface area contributed by atoms with Crippen molar-refractivity contribution >= 4 is 59.0 Å². The summed E-state index contributed by atoms with van der Waals surface area (Å²) >= 11 is 0. The standard InChI is InChI=1S/C52H84N8O12/c1-18-20-37-32(8)50(69)72-43(31(7)19-2)48(67)54-27-40(61)58(14)38(25-29(3)4)46(65)53-28-41(62)60(16)42(30(5)6)49(68)59(15)39(26-35-21-23-36(71-17)24-22-35)47(66)55-33(9)44(63)52(11,12)51(70)57(13)34(10)45(64)56-37/h21-24,29-34,37-39,42-43H,18-20,25-28H2,1-17H3,(H,53,65)(H,54,67)(H,55,66)(H,56,64)/t31-,32-,33?,34-,37+,38-,39-,42-,43?/m0/s1. The van der Waals surface area contributed by atoms with E-state index in [1.54, 1.807) is 58.9 Å². The summed E-state index contributed by atoms with van der Waals surface area (Å²) in [6.45, 7) is 18.6. The van der Waals surface area contributed by atoms with E-state index in [1.807, 2.05) is 20.8 Å². The molecule has 1 aromatic carbocycles. The molecule has 4 N–H and O–H groups in total. The summed E-state index contributed by atoms with van der Waals surface area (Å²) in [5, 5.41) is 10.8. The fourth-order valence-electron chi connectivity index (χ4n) is 8.58. The highest BCUT2D eigenvalue weighted by Gasteiger charge is 2.45. The minimum atomic E-state index is -1.79. The van der Waals surface area contributed by atoms with Gasteiger partial charge in [-0.15, -0.1) is 0 Å². The Morgan fingerprint density at radius 1 is 0.708 bits per heavy atom. The van der Waals surface area contributed by atoms with E-state index in [2.05, 4.69) is 21.3 Å². The first kappa shape index (κ1) is 62.0. The van der Waals surface area contributed by atoms with Crippen LogP contribution in [-0.2, 0) is 59.1 Å². The second-order valence-electron chi connectivity index (χ2n) is 20.5. The first-order valence-corrected chi connectivity index (χ1v) is 25.1. The molecule has 20 heteroatoms. The van der Waals surface area contributed by atoms with Crippen LogP contribution in [0, 0.1) is 29.1 Å². The Hall–Kier alpha value is -6.08. The molecule has 0 radical (unpaired) electrons. The zero-order valence-corrected chi connectivity index (χ0v) is 45.8. The highest BCUT2D eigenvalue weighted by Crippen LogP contribution is 2.25. The number of esters is 1. The van der Waals surface area contributed by atoms with Gasteiger partial charge in [0.05, 0.1) is 32.2 Å². The number of hydrogen-bond donors (Lipinski definition) is 4. The summed E-state index contributed by atoms with van der Waals surface area (Å²) in [4.78, 5) is 145. The van der Waals surface area contributed by atoms with Crippen molar-refractivity contribution in [3.05, 3.63) is 29.8 Å². The van der Waals surface area contributed by atoms with E-state index in [4.69, 9.17) is 9.47 Å². The van der Waals surface area contributed by atoms with Gasteiger partial charge in [0.25, 0.3) is 5.91 Å². The predicted molar refractivity (Wildman–Crippen MR) is 271 cm³/mol. The largest absolute Gasteiger partial charge is 0.497 e. The SMILES string of the molecule is CCC[C@H]1NC(=O)[C@H](C)N(C)C(=O)C(C)(C)C(=O)C(C)NC(=O)[C@H](Cc2ccc(OC)cc2)N(C)C(=O)[C@H](C(C)C)N(C)C(=O)CNC(=O)[C@H](CC(C)C)N(C)C(=O)CNC(=O)C([C@@H](C)CC)OC(=O)[C@H]1C. The minimum absolute atomic E-state index is 0.0316. The number of ketones is 1. The van der Waals surface area contributed by atoms with E-state index >= 15 is 0 Å². The lowest BCUT2D eigenvalue weighted by atomic mass is 9.82. The molecule has 1 aromatic rings. The molecule has 72 heavy (non-hydrogen) atoms. The van der Waals surface area contributed by atoms with Crippen molar-refractivity contribution in [1.29, 1.82) is 0 Å². The number of ether oxygens (including phenoxy) is 2. The number of nitrogens with one attached hydrogen (secondary N) is 4. The molecule has 0 spiro atoms. The van der Waals surface area contributed by atoms with Crippen LogP contribution in [0.1, 0.15) is 114 Å². The number of hydrogen-bond acceptors (Lipinski definition) is 12. The Morgan fingerprint density at radius 2 is 1.26 bits per heavy atom. The fourth-order valence-corrected chi connectivity index (χ4v) is 8.58. The minimum Gasteiger partial charge on any atom is -0.497 e. The van der Waals surface area contributed by atoms with Gasteiger partial charge in [-0.1, -0.05) is 67.0 Å². The number of methoxy groups -OCH3 is 1. The fraction of sp³-hybridized carbons (Fsp3) is 0.692. The van der Waals surface area contributed by atoms with Crippen LogP contribution in [0.4, 0.5) is 0 Å². The molecule has 20 nitrogen and oxygen atoms in total. The Morgan fingerprint density at radius 3 is 1.78 bits per heavy atom. The average Bonchev–Trinajstić information content (AvgIpc) is 3.34. The van der Waals surface area contributed by atoms with Crippen molar-refractivity contribution in [2.45, 2.75) is 158 Å². The number of nitrogens with zero attached hydrogens (tertiary/aromatic N) is 4. The summed E-state index contributed by atoms with van der Waals surface area (Å²) in [6, 6.07) is 0.144. The molecule has 0 saturated carbocycles. The number of likely N-dealkylation sites (N-methyl/N-ethyl adjacent to an activating group) is 4. The molecule has 2 unspecified atom stereocenters. The summed E-state index contributed by atoms with van der Waals surface area (Å²) in [5.41, 5.74) is -1.15. The van der Waals surface area contributed by atoms with Crippen LogP contribution in [0.5, 0.6) is 5.75 Å². The number of amides is 8. The zero-order chi connectivity index (χ0) is 55.1. The van der Waals surface area contributed by atoms with Crippen molar-refractivity contribution in [2.24, 2.45) is 29.1 Å². The normalized spacial score (nSPS) is 26.5. The maximum Gasteiger partial charge on any atom is 0.311 e. The molecule has 1 heterocycles. The predicted octanol–water partition coefficient (Wildman–Crippen LogP) is 2.49. The number of cyclic esters (lactones) is 1. The number of Topliss-reactive ketones (excluding diaryl/α,β-unsaturated/α-hetero) is 1. The van der Waals surface area contributed by atoms with Gasteiger partial charge < -0.3 is 50.3 Å². The van der Waals surface area contributed by atoms with Crippen LogP contribution < -0.4 is 26.0 Å². The monoisotopic (exact) mass is 1010 g/mol. The van der Waals surface area contributed by atoms with Gasteiger partial charge in [0.15, 0.2) is 11.9 Å². The van der Waals surface area contributed by atoms with E-state index in [1.165, 1.54) is 77.7 Å². The van der Waals surface area contributed by atoms with E-state index in [0.29, 0.717) is 30.6 Å². The molecule has 1 saturated heterocycles. The molecular formula is C52H84N8O12. The second kappa shape index (κ2) is 27.7. The third kappa shape index (κ3) is 16.2. The van der Waals surface area contributed by atoms with Gasteiger partial charge in [-0.25, -0.2) is 0 Å². The van der Waals surface area contributed by atoms with Crippen molar-refractivity contribution in [3.63, 3.8) is 0 Å². The third-order valence-corrected chi connectivity index (χ3v) is 13.8. The quantitative estimate of drug-likeness (QED) is 0.195. The van der Waals surface area contributed by atoms with Gasteiger partial charge >= 0.3 is 5.97 Å². The molecule has 0 aliphatic carbocycles. The van der Waals surface area contributed by atoms with Crippen LogP contribution >= 0.6 is 0 Å². The maximum absolute atomic E-state index is 14.6. The number of carbonyl (C=O) groups is 10. The van der Waals surface area contributed by atoms with Crippen LogP contribution in [0.15, 0.2) is 24.3 Å². The maximum atomic E-state index is 14.6. The summed E-state index contributed by atoms with van der Waals surface area (Å²) in [5.74, 6) is -8.37. The van der Waals surface area contributed by atoms with Crippen LogP contribution in [0.25, 0.3) is 0 Å². The van der Waals surface area contributed by atoms with Gasteiger partial charge in [-0.05, 0) is 83.4 Å². The van der Waals surface area contributed by atoms with E-state index < -0.39 is 138 Å². The molecule has 1 aliphatic heterocycles. The molecule has 0 bridgehead atoms. The summed E-state index contributed by atoms with van der Waals surface area (Å²) in [6.07, 6.45) is 0.111. The lowest BCUT2D eigenvalue weighted by molar-refractivity contribution is -0.164. The van der Waals surface area contributed by atoms with E-state index in [0.717, 1.165) is 4.90 Å². The Labute approximate surface area is 426 Å². The van der Waals surface area contributed by atoms with Crippen molar-refractivity contribution in [1.82, 2.24) is 40.9 Å². The van der Waals surface area contributed by atoms with Crippen molar-refractivity contribution in [2.75, 3.05) is 48.4 Å². The topological polar surface area (TPSA) is 250 Å². The molecule has 9 atom stereocenters. The van der Waals surface area contributed by atoms with Crippen molar-refractivity contribution < 1.29 is 57.4 Å². The van der Waals surface area contributed by atoms with Gasteiger partial charge in [0, 0.05) is 46.6 Å². The Bertz CT molecular complexity index is 2090. The Kier molecular flexibility index (Phi) is 23.8. The van der Waals surface area contributed by atoms with Crippen LogP contribution in [0.2, 0.25) is 0 Å². The second-order valence-corrected chi connectivity index (χ2v) is 20.5. The lowest BCUT2D eigenvalue weighted by Crippen LogP contribution is -2.60. The van der Waals surface area contributed by atoms with Crippen LogP contribution in [0.3, 0.4) is 0 Å². The molecule has 1 aliphatic rings. The highest BCUT2D eigenvalue weighted by molar-refractivity contribution is 6.09. The van der Waals surface area contributed by atoms with E-state index in [9.17, 15) is 47.9 Å². The molecule has 2 rings (SSSR count). The third-order valence-electron chi connectivity index (χ3n) is 13.8. The van der Waals surface area contributed by atoms with Gasteiger partial charge in [0.1, 0.15) is 35.3 Å². The van der Waals surface area contributed by atoms with Gasteiger partial charge in [-0.2, -0.15) is 0 Å². The first-order valence-electron chi connectivity index (χ1n) is 25.1. The molecular weight excluding hydrogens is 929 g/mol. The van der Waals surface area contributed by atoms with Crippen molar-refractivity contribution in [3.8, 4) is 5.75 Å². The number of benzene rings is 1. The highest BCUT2D eigenvalue weighted by atomic mass is 16.5. The molecule has 0 aromatic heterocycles. The summed E-state index contributed by atoms with van der Waals surface area (Å²) < 4.78 is 11.1. The van der Waals surface area contributed by atoms with Gasteiger partial charge in [0.2, 0.25) is 41.4 Å². The smallest absolute Gasteiger partial charge is 0.311 e. The molecule has 8 amide bonds. The molecule has 1 fully saturated rings. The van der Waals surface area contributed by atoms with Crippen LogP contribution in [-0.4, -0.2) is 169 Å². The van der Waals surface area contributed by atoms with Gasteiger partial charge in [-0.3, -0.25) is 47.9 Å². The zero-order valence-electron chi connectivity index (χ0n) is 45.8. The summed E-state index contributed by atoms with van der Waals surface area (Å²) in [7, 11) is 7.10. The first-order chi connectivity index (χ1) is 33.5. The van der Waals surface area contributed by atoms with E-state index in [-0.39, 0.29) is 18.8 Å². The molecule has 404 valence electrons.